The third kappa shape index (κ3) is 8.29. The van der Waals surface area contributed by atoms with E-state index >= 15 is 0 Å². The Kier molecular flexibility index (Phi) is 12.1. The molecular formula is C33H40O5. The number of aliphatic carboxylic acids is 2. The van der Waals surface area contributed by atoms with Crippen molar-refractivity contribution in [3.05, 3.63) is 108 Å². The fraction of sp³-hybridized carbons (Fsp3) is 0.394. The van der Waals surface area contributed by atoms with E-state index in [9.17, 15) is 9.59 Å². The van der Waals surface area contributed by atoms with E-state index in [0.29, 0.717) is 13.0 Å². The quantitative estimate of drug-likeness (QED) is 0.103. The second-order valence-electron chi connectivity index (χ2n) is 9.83. The number of carbonyl (C=O) groups is 2. The zero-order valence-corrected chi connectivity index (χ0v) is 22.1. The SMILES string of the molecule is O=C(O)C(CCCCCCCCCCCOC(c1ccccc1)(c1ccccc1)c1ccccc1)C(=O)O. The molecule has 2 N–H and O–H groups in total. The van der Waals surface area contributed by atoms with Gasteiger partial charge in [-0.15, -0.1) is 0 Å². The summed E-state index contributed by atoms with van der Waals surface area (Å²) < 4.78 is 6.83. The first kappa shape index (κ1) is 29.1. The number of unbranched alkanes of at least 4 members (excludes halogenated alkanes) is 8. The van der Waals surface area contributed by atoms with Gasteiger partial charge in [0.25, 0.3) is 0 Å². The third-order valence-electron chi connectivity index (χ3n) is 7.09. The first-order chi connectivity index (χ1) is 18.6. The van der Waals surface area contributed by atoms with Crippen molar-refractivity contribution in [1.29, 1.82) is 0 Å². The Balaban J connectivity index is 1.45. The van der Waals surface area contributed by atoms with Crippen molar-refractivity contribution in [1.82, 2.24) is 0 Å². The van der Waals surface area contributed by atoms with Crippen molar-refractivity contribution in [2.24, 2.45) is 5.92 Å². The Bertz CT molecular complexity index is 971. The topological polar surface area (TPSA) is 83.8 Å². The first-order valence-electron chi connectivity index (χ1n) is 13.8. The molecule has 0 aliphatic carbocycles. The van der Waals surface area contributed by atoms with Crippen LogP contribution in [0.25, 0.3) is 0 Å². The van der Waals surface area contributed by atoms with Crippen LogP contribution in [0.4, 0.5) is 0 Å². The van der Waals surface area contributed by atoms with Crippen LogP contribution < -0.4 is 0 Å². The van der Waals surface area contributed by atoms with Crippen LogP contribution in [0, 0.1) is 5.92 Å². The number of benzene rings is 3. The second kappa shape index (κ2) is 15.7. The zero-order chi connectivity index (χ0) is 27.1. The molecule has 0 aliphatic rings. The third-order valence-corrected chi connectivity index (χ3v) is 7.09. The first-order valence-corrected chi connectivity index (χ1v) is 13.8. The summed E-state index contributed by atoms with van der Waals surface area (Å²) in [4.78, 5) is 21.9. The van der Waals surface area contributed by atoms with Crippen molar-refractivity contribution >= 4 is 11.9 Å². The molecule has 0 fully saturated rings. The molecule has 3 aromatic carbocycles. The lowest BCUT2D eigenvalue weighted by atomic mass is 9.80. The van der Waals surface area contributed by atoms with Crippen LogP contribution in [0.5, 0.6) is 0 Å². The van der Waals surface area contributed by atoms with Crippen LogP contribution in [-0.4, -0.2) is 28.8 Å². The second-order valence-corrected chi connectivity index (χ2v) is 9.83. The molecule has 0 heterocycles. The Labute approximate surface area is 226 Å². The predicted octanol–water partition coefficient (Wildman–Crippen LogP) is 7.68. The summed E-state index contributed by atoms with van der Waals surface area (Å²) in [7, 11) is 0. The summed E-state index contributed by atoms with van der Waals surface area (Å²) in [6.45, 7) is 0.660. The summed E-state index contributed by atoms with van der Waals surface area (Å²) in [6, 6.07) is 31.4. The van der Waals surface area contributed by atoms with E-state index in [-0.39, 0.29) is 6.42 Å². The van der Waals surface area contributed by atoms with Crippen molar-refractivity contribution in [3.63, 3.8) is 0 Å². The van der Waals surface area contributed by atoms with Gasteiger partial charge in [-0.1, -0.05) is 142 Å². The summed E-state index contributed by atoms with van der Waals surface area (Å²) >= 11 is 0. The van der Waals surface area contributed by atoms with Gasteiger partial charge in [0.05, 0.1) is 0 Å². The molecule has 0 bridgehead atoms. The van der Waals surface area contributed by atoms with Crippen molar-refractivity contribution in [2.45, 2.75) is 69.8 Å². The molecule has 0 radical (unpaired) electrons. The van der Waals surface area contributed by atoms with Gasteiger partial charge in [-0.25, -0.2) is 0 Å². The lowest BCUT2D eigenvalue weighted by Gasteiger charge is -2.36. The summed E-state index contributed by atoms with van der Waals surface area (Å²) in [6.07, 6.45) is 9.40. The number of hydrogen-bond donors (Lipinski definition) is 2. The largest absolute Gasteiger partial charge is 0.481 e. The van der Waals surface area contributed by atoms with Gasteiger partial charge in [-0.05, 0) is 29.5 Å². The molecule has 202 valence electrons. The summed E-state index contributed by atoms with van der Waals surface area (Å²) in [5.41, 5.74) is 2.70. The maximum atomic E-state index is 10.9. The van der Waals surface area contributed by atoms with Gasteiger partial charge in [-0.3, -0.25) is 9.59 Å². The number of carboxylic acid groups (broad SMARTS) is 2. The van der Waals surface area contributed by atoms with Crippen LogP contribution in [0.15, 0.2) is 91.0 Å². The molecule has 0 saturated heterocycles. The smallest absolute Gasteiger partial charge is 0.317 e. The van der Waals surface area contributed by atoms with Gasteiger partial charge in [0.2, 0.25) is 0 Å². The van der Waals surface area contributed by atoms with Gasteiger partial charge in [0, 0.05) is 6.61 Å². The average molecular weight is 517 g/mol. The van der Waals surface area contributed by atoms with Crippen molar-refractivity contribution in [2.75, 3.05) is 6.61 Å². The van der Waals surface area contributed by atoms with E-state index in [4.69, 9.17) is 14.9 Å². The maximum absolute atomic E-state index is 10.9. The van der Waals surface area contributed by atoms with E-state index in [1.54, 1.807) is 0 Å². The molecule has 3 rings (SSSR count). The van der Waals surface area contributed by atoms with Gasteiger partial charge < -0.3 is 14.9 Å². The molecule has 0 saturated carbocycles. The van der Waals surface area contributed by atoms with E-state index in [1.807, 2.05) is 18.2 Å². The maximum Gasteiger partial charge on any atom is 0.317 e. The highest BCUT2D eigenvalue weighted by Gasteiger charge is 2.37. The molecule has 0 aliphatic heterocycles. The molecule has 5 nitrogen and oxygen atoms in total. The molecule has 0 amide bonds. The summed E-state index contributed by atoms with van der Waals surface area (Å²) in [5, 5.41) is 17.9. The molecule has 38 heavy (non-hydrogen) atoms. The molecule has 0 atom stereocenters. The van der Waals surface area contributed by atoms with Gasteiger partial charge in [0.15, 0.2) is 5.92 Å². The van der Waals surface area contributed by atoms with E-state index < -0.39 is 23.5 Å². The van der Waals surface area contributed by atoms with Crippen LogP contribution >= 0.6 is 0 Å². The lowest BCUT2D eigenvalue weighted by molar-refractivity contribution is -0.154. The Hall–Kier alpha value is -3.44. The van der Waals surface area contributed by atoms with Crippen LogP contribution in [0.3, 0.4) is 0 Å². The van der Waals surface area contributed by atoms with Crippen LogP contribution in [-0.2, 0) is 19.9 Å². The minimum atomic E-state index is -1.28. The van der Waals surface area contributed by atoms with E-state index in [0.717, 1.165) is 68.1 Å². The highest BCUT2D eigenvalue weighted by molar-refractivity contribution is 5.92. The molecule has 0 unspecified atom stereocenters. The van der Waals surface area contributed by atoms with Gasteiger partial charge in [-0.2, -0.15) is 0 Å². The standard InChI is InChI=1S/C33H40O5/c34-31(35)30(32(36)37)25-17-6-4-2-1-3-5-7-18-26-38-33(27-19-11-8-12-20-27,28-21-13-9-14-22-28)29-23-15-10-16-24-29/h8-16,19-24,30H,1-7,17-18,25-26H2,(H,34,35)(H,36,37). The lowest BCUT2D eigenvalue weighted by Crippen LogP contribution is -2.33. The molecule has 0 spiro atoms. The predicted molar refractivity (Wildman–Crippen MR) is 150 cm³/mol. The van der Waals surface area contributed by atoms with Crippen molar-refractivity contribution < 1.29 is 24.5 Å². The molecular weight excluding hydrogens is 476 g/mol. The normalized spacial score (nSPS) is 11.5. The molecule has 3 aromatic rings. The number of rotatable bonds is 18. The highest BCUT2D eigenvalue weighted by atomic mass is 16.5. The van der Waals surface area contributed by atoms with Crippen LogP contribution in [0.1, 0.15) is 80.9 Å². The van der Waals surface area contributed by atoms with Gasteiger partial charge >= 0.3 is 11.9 Å². The highest BCUT2D eigenvalue weighted by Crippen LogP contribution is 2.40. The Morgan fingerprint density at radius 2 is 0.895 bits per heavy atom. The number of hydrogen-bond acceptors (Lipinski definition) is 3. The molecule has 5 heteroatoms. The van der Waals surface area contributed by atoms with Crippen LogP contribution in [0.2, 0.25) is 0 Å². The fourth-order valence-electron chi connectivity index (χ4n) is 5.03. The Morgan fingerprint density at radius 1 is 0.553 bits per heavy atom. The van der Waals surface area contributed by atoms with E-state index in [1.165, 1.54) is 0 Å². The molecule has 0 aromatic heterocycles. The van der Waals surface area contributed by atoms with E-state index in [2.05, 4.69) is 72.8 Å². The fourth-order valence-corrected chi connectivity index (χ4v) is 5.03. The van der Waals surface area contributed by atoms with Crippen molar-refractivity contribution in [3.8, 4) is 0 Å². The minimum Gasteiger partial charge on any atom is -0.481 e. The minimum absolute atomic E-state index is 0.209. The number of carboxylic acids is 2. The number of ether oxygens (including phenoxy) is 1. The Morgan fingerprint density at radius 3 is 1.26 bits per heavy atom. The summed E-state index contributed by atoms with van der Waals surface area (Å²) in [5.74, 6) is -3.76. The van der Waals surface area contributed by atoms with Gasteiger partial charge in [0.1, 0.15) is 5.60 Å². The monoisotopic (exact) mass is 516 g/mol. The average Bonchev–Trinajstić information content (AvgIpc) is 2.94. The zero-order valence-electron chi connectivity index (χ0n) is 22.1.